The van der Waals surface area contributed by atoms with Crippen molar-refractivity contribution in [1.82, 2.24) is 10.9 Å². The number of thiocarbonyl (C=S) groups is 1. The van der Waals surface area contributed by atoms with Crippen molar-refractivity contribution >= 4 is 64.6 Å². The lowest BCUT2D eigenvalue weighted by Gasteiger charge is -2.15. The van der Waals surface area contributed by atoms with Gasteiger partial charge in [0.2, 0.25) is 5.91 Å². The standard InChI is InChI=1S/C19H21ClN4O3S2/c1-27-14-8-6-12(7-9-14)21-18(28)11-13(25)10-17(26)23-24-19(29)22-16-5-3-2-4-15(16)20/h2-9,18,21,28H,10-11H2,1H3,(H,23,26)(H2,22,24,29). The number of benzene rings is 2. The Kier molecular flexibility index (Phi) is 9.04. The minimum atomic E-state index is -0.511. The molecular weight excluding hydrogens is 432 g/mol. The SMILES string of the molecule is COc1ccc(NC(S)CC(=O)CC(=O)NNC(=S)Nc2ccccc2Cl)cc1. The van der Waals surface area contributed by atoms with Gasteiger partial charge in [0, 0.05) is 12.1 Å². The molecule has 0 aromatic heterocycles. The molecule has 0 aliphatic heterocycles. The van der Waals surface area contributed by atoms with Crippen LogP contribution in [0.4, 0.5) is 11.4 Å². The number of nitrogens with one attached hydrogen (secondary N) is 4. The number of Topliss-reactive ketones (excluding diaryl/α,β-unsaturated/α-hetero) is 1. The Morgan fingerprint density at radius 3 is 2.48 bits per heavy atom. The Hall–Kier alpha value is -2.49. The summed E-state index contributed by atoms with van der Waals surface area (Å²) in [5.41, 5.74) is 6.29. The number of rotatable bonds is 8. The number of hydrazine groups is 1. The van der Waals surface area contributed by atoms with E-state index in [-0.39, 0.29) is 23.7 Å². The summed E-state index contributed by atoms with van der Waals surface area (Å²) in [6.07, 6.45) is -0.228. The normalized spacial score (nSPS) is 11.1. The highest BCUT2D eigenvalue weighted by Gasteiger charge is 2.14. The maximum atomic E-state index is 12.1. The van der Waals surface area contributed by atoms with Gasteiger partial charge in [-0.2, -0.15) is 12.6 Å². The van der Waals surface area contributed by atoms with Gasteiger partial charge in [0.05, 0.1) is 29.6 Å². The van der Waals surface area contributed by atoms with E-state index < -0.39 is 11.3 Å². The molecule has 10 heteroatoms. The summed E-state index contributed by atoms with van der Waals surface area (Å²) in [5.74, 6) is -0.0490. The van der Waals surface area contributed by atoms with E-state index in [1.165, 1.54) is 0 Å². The van der Waals surface area contributed by atoms with Crippen LogP contribution in [0, 0.1) is 0 Å². The van der Waals surface area contributed by atoms with Crippen molar-refractivity contribution in [3.05, 3.63) is 53.6 Å². The second kappa shape index (κ2) is 11.5. The number of ether oxygens (including phenoxy) is 1. The van der Waals surface area contributed by atoms with Crippen molar-refractivity contribution in [1.29, 1.82) is 0 Å². The maximum Gasteiger partial charge on any atom is 0.245 e. The van der Waals surface area contributed by atoms with Gasteiger partial charge in [0.25, 0.3) is 0 Å². The first-order valence-electron chi connectivity index (χ1n) is 8.58. The molecule has 1 amide bonds. The molecule has 0 aliphatic carbocycles. The van der Waals surface area contributed by atoms with E-state index in [1.54, 1.807) is 43.5 Å². The monoisotopic (exact) mass is 452 g/mol. The van der Waals surface area contributed by atoms with Gasteiger partial charge in [-0.15, -0.1) is 0 Å². The third kappa shape index (κ3) is 8.18. The van der Waals surface area contributed by atoms with E-state index in [0.29, 0.717) is 10.7 Å². The number of halogens is 1. The Balaban J connectivity index is 1.70. The first-order valence-corrected chi connectivity index (χ1v) is 9.88. The molecule has 0 fully saturated rings. The molecule has 0 radical (unpaired) electrons. The number of carbonyl (C=O) groups is 2. The number of amides is 1. The molecule has 0 heterocycles. The molecule has 0 bridgehead atoms. The van der Waals surface area contributed by atoms with E-state index in [2.05, 4.69) is 34.1 Å². The fourth-order valence-electron chi connectivity index (χ4n) is 2.28. The van der Waals surface area contributed by atoms with E-state index in [9.17, 15) is 9.59 Å². The lowest BCUT2D eigenvalue weighted by Crippen LogP contribution is -2.44. The van der Waals surface area contributed by atoms with Gasteiger partial charge >= 0.3 is 0 Å². The topological polar surface area (TPSA) is 91.5 Å². The summed E-state index contributed by atoms with van der Waals surface area (Å²) in [6, 6.07) is 14.2. The predicted molar refractivity (Wildman–Crippen MR) is 123 cm³/mol. The molecule has 0 aliphatic rings. The Labute approximate surface area is 184 Å². The molecule has 2 rings (SSSR count). The van der Waals surface area contributed by atoms with Crippen molar-refractivity contribution in [2.75, 3.05) is 17.7 Å². The number of anilines is 2. The van der Waals surface area contributed by atoms with Gasteiger partial charge in [-0.25, -0.2) is 0 Å². The van der Waals surface area contributed by atoms with E-state index in [1.807, 2.05) is 12.1 Å². The van der Waals surface area contributed by atoms with Crippen molar-refractivity contribution in [3.63, 3.8) is 0 Å². The van der Waals surface area contributed by atoms with Gasteiger partial charge < -0.3 is 15.4 Å². The zero-order valence-corrected chi connectivity index (χ0v) is 18.0. The first-order chi connectivity index (χ1) is 13.9. The summed E-state index contributed by atoms with van der Waals surface area (Å²) in [6.45, 7) is 0. The van der Waals surface area contributed by atoms with Crippen molar-refractivity contribution in [3.8, 4) is 5.75 Å². The molecule has 0 saturated heterocycles. The Morgan fingerprint density at radius 1 is 1.14 bits per heavy atom. The van der Waals surface area contributed by atoms with E-state index >= 15 is 0 Å². The van der Waals surface area contributed by atoms with Crippen molar-refractivity contribution < 1.29 is 14.3 Å². The third-order valence-electron chi connectivity index (χ3n) is 3.64. The molecule has 0 spiro atoms. The molecule has 2 aromatic rings. The van der Waals surface area contributed by atoms with Gasteiger partial charge in [0.15, 0.2) is 5.11 Å². The average Bonchev–Trinajstić information content (AvgIpc) is 2.68. The minimum absolute atomic E-state index is 0.0743. The second-order valence-electron chi connectivity index (χ2n) is 5.92. The predicted octanol–water partition coefficient (Wildman–Crippen LogP) is 3.38. The van der Waals surface area contributed by atoms with Gasteiger partial charge in [-0.1, -0.05) is 23.7 Å². The Bertz CT molecular complexity index is 865. The van der Waals surface area contributed by atoms with Crippen LogP contribution in [0.1, 0.15) is 12.8 Å². The molecular formula is C19H21ClN4O3S2. The number of thiol groups is 1. The lowest BCUT2D eigenvalue weighted by molar-refractivity contribution is -0.128. The highest BCUT2D eigenvalue weighted by Crippen LogP contribution is 2.20. The molecule has 0 saturated carbocycles. The van der Waals surface area contributed by atoms with Crippen LogP contribution in [0.2, 0.25) is 5.02 Å². The van der Waals surface area contributed by atoms with E-state index in [4.69, 9.17) is 28.6 Å². The number of methoxy groups -OCH3 is 1. The maximum absolute atomic E-state index is 12.1. The van der Waals surface area contributed by atoms with E-state index in [0.717, 1.165) is 11.4 Å². The largest absolute Gasteiger partial charge is 0.497 e. The van der Waals surface area contributed by atoms with Gasteiger partial charge in [-0.05, 0) is 48.6 Å². The van der Waals surface area contributed by atoms with Crippen LogP contribution in [0.25, 0.3) is 0 Å². The average molecular weight is 453 g/mol. The summed E-state index contributed by atoms with van der Waals surface area (Å²) in [5, 5.41) is 6.12. The summed E-state index contributed by atoms with van der Waals surface area (Å²) in [7, 11) is 1.59. The van der Waals surface area contributed by atoms with Crippen LogP contribution in [-0.2, 0) is 9.59 Å². The van der Waals surface area contributed by atoms with Gasteiger partial charge in [-0.3, -0.25) is 20.4 Å². The molecule has 154 valence electrons. The number of ketones is 1. The second-order valence-corrected chi connectivity index (χ2v) is 7.35. The fourth-order valence-corrected chi connectivity index (χ4v) is 2.98. The van der Waals surface area contributed by atoms with Crippen molar-refractivity contribution in [2.24, 2.45) is 0 Å². The van der Waals surface area contributed by atoms with Gasteiger partial charge in [0.1, 0.15) is 11.5 Å². The number of para-hydroxylation sites is 1. The highest BCUT2D eigenvalue weighted by atomic mass is 35.5. The molecule has 1 atom stereocenters. The first kappa shape index (κ1) is 22.8. The fraction of sp³-hybridized carbons (Fsp3) is 0.211. The smallest absolute Gasteiger partial charge is 0.245 e. The van der Waals surface area contributed by atoms with Crippen LogP contribution in [0.15, 0.2) is 48.5 Å². The number of hydrogen-bond donors (Lipinski definition) is 5. The number of carbonyl (C=O) groups excluding carboxylic acids is 2. The summed E-state index contributed by atoms with van der Waals surface area (Å²) >= 11 is 15.4. The summed E-state index contributed by atoms with van der Waals surface area (Å²) in [4.78, 5) is 24.0. The van der Waals surface area contributed by atoms with Crippen LogP contribution < -0.4 is 26.2 Å². The van der Waals surface area contributed by atoms with Crippen LogP contribution in [-0.4, -0.2) is 29.3 Å². The summed E-state index contributed by atoms with van der Waals surface area (Å²) < 4.78 is 5.09. The molecule has 2 aromatic carbocycles. The molecule has 29 heavy (non-hydrogen) atoms. The van der Waals surface area contributed by atoms with Crippen LogP contribution in [0.3, 0.4) is 0 Å². The zero-order valence-electron chi connectivity index (χ0n) is 15.6. The lowest BCUT2D eigenvalue weighted by atomic mass is 10.2. The number of hydrogen-bond acceptors (Lipinski definition) is 6. The molecule has 4 N–H and O–H groups in total. The molecule has 1 unspecified atom stereocenters. The Morgan fingerprint density at radius 2 is 1.83 bits per heavy atom. The van der Waals surface area contributed by atoms with Crippen LogP contribution >= 0.6 is 36.4 Å². The van der Waals surface area contributed by atoms with Crippen molar-refractivity contribution in [2.45, 2.75) is 18.2 Å². The van der Waals surface area contributed by atoms with Crippen LogP contribution in [0.5, 0.6) is 5.75 Å². The minimum Gasteiger partial charge on any atom is -0.497 e. The highest BCUT2D eigenvalue weighted by molar-refractivity contribution is 7.81. The quantitative estimate of drug-likeness (QED) is 0.138. The molecule has 7 nitrogen and oxygen atoms in total. The third-order valence-corrected chi connectivity index (χ3v) is 4.48. The zero-order chi connectivity index (χ0) is 21.2.